The second kappa shape index (κ2) is 5.41. The van der Waals surface area contributed by atoms with E-state index in [1.807, 2.05) is 0 Å². The van der Waals surface area contributed by atoms with Gasteiger partial charge in [-0.3, -0.25) is 0 Å². The van der Waals surface area contributed by atoms with Crippen molar-refractivity contribution in [1.82, 2.24) is 10.2 Å². The Morgan fingerprint density at radius 3 is 2.50 bits per heavy atom. The largest absolute Gasteiger partial charge is 0.311 e. The van der Waals surface area contributed by atoms with Gasteiger partial charge in [-0.2, -0.15) is 0 Å². The highest BCUT2D eigenvalue weighted by molar-refractivity contribution is 5.30. The number of nitrogens with one attached hydrogen (secondary N) is 1. The van der Waals surface area contributed by atoms with Gasteiger partial charge in [-0.1, -0.05) is 24.3 Å². The molecule has 2 nitrogen and oxygen atoms in total. The van der Waals surface area contributed by atoms with Crippen molar-refractivity contribution in [2.24, 2.45) is 0 Å². The topological polar surface area (TPSA) is 15.3 Å². The van der Waals surface area contributed by atoms with Gasteiger partial charge in [0.15, 0.2) is 0 Å². The highest BCUT2D eigenvalue weighted by Gasteiger charge is 2.23. The van der Waals surface area contributed by atoms with Gasteiger partial charge in [0, 0.05) is 12.1 Å². The van der Waals surface area contributed by atoms with Crippen molar-refractivity contribution in [3.63, 3.8) is 0 Å². The fourth-order valence-corrected chi connectivity index (χ4v) is 3.35. The monoisotopic (exact) mass is 244 g/mol. The van der Waals surface area contributed by atoms with E-state index in [2.05, 4.69) is 41.5 Å². The van der Waals surface area contributed by atoms with Crippen LogP contribution in [0.2, 0.25) is 0 Å². The zero-order chi connectivity index (χ0) is 12.4. The molecule has 1 aliphatic heterocycles. The lowest BCUT2D eigenvalue weighted by Crippen LogP contribution is -2.46. The van der Waals surface area contributed by atoms with Crippen LogP contribution in [0.4, 0.5) is 0 Å². The van der Waals surface area contributed by atoms with E-state index in [4.69, 9.17) is 0 Å². The minimum atomic E-state index is 0.702. The number of nitrogens with zero attached hydrogens (tertiary/aromatic N) is 1. The van der Waals surface area contributed by atoms with E-state index in [9.17, 15) is 0 Å². The number of hydrogen-bond donors (Lipinski definition) is 1. The normalized spacial score (nSPS) is 25.9. The maximum Gasteiger partial charge on any atom is 0.0113 e. The summed E-state index contributed by atoms with van der Waals surface area (Å²) in [5, 5.41) is 3.89. The Hall–Kier alpha value is -0.860. The maximum absolute atomic E-state index is 3.89. The molecule has 0 amide bonds. The molecular weight excluding hydrogens is 220 g/mol. The molecule has 3 rings (SSSR count). The molecule has 1 fully saturated rings. The van der Waals surface area contributed by atoms with Crippen LogP contribution in [0.3, 0.4) is 0 Å². The highest BCUT2D eigenvalue weighted by Crippen LogP contribution is 2.22. The van der Waals surface area contributed by atoms with Crippen molar-refractivity contribution in [3.05, 3.63) is 35.4 Å². The van der Waals surface area contributed by atoms with Crippen LogP contribution in [0.25, 0.3) is 0 Å². The highest BCUT2D eigenvalue weighted by atomic mass is 15.1. The molecule has 1 aromatic rings. The first-order valence-corrected chi connectivity index (χ1v) is 7.32. The average Bonchev–Trinajstić information content (AvgIpc) is 2.41. The number of likely N-dealkylation sites (tertiary alicyclic amines) is 1. The van der Waals surface area contributed by atoms with Crippen LogP contribution in [0, 0.1) is 0 Å². The van der Waals surface area contributed by atoms with Crippen LogP contribution in [0.15, 0.2) is 24.3 Å². The summed E-state index contributed by atoms with van der Waals surface area (Å²) in [6, 6.07) is 10.4. The third kappa shape index (κ3) is 2.76. The zero-order valence-electron chi connectivity index (χ0n) is 11.4. The van der Waals surface area contributed by atoms with Crippen LogP contribution in [-0.4, -0.2) is 37.1 Å². The summed E-state index contributed by atoms with van der Waals surface area (Å²) in [4.78, 5) is 2.44. The second-order valence-electron chi connectivity index (χ2n) is 5.95. The number of piperidine rings is 1. The van der Waals surface area contributed by atoms with Crippen molar-refractivity contribution in [2.45, 2.75) is 44.2 Å². The number of aryl methyl sites for hydroxylation is 1. The Labute approximate surface area is 110 Å². The SMILES string of the molecule is CN1CCC(NC2CCc3ccccc3C2)CC1. The van der Waals surface area contributed by atoms with Crippen LogP contribution in [0.1, 0.15) is 30.4 Å². The van der Waals surface area contributed by atoms with Crippen LogP contribution in [0.5, 0.6) is 0 Å². The van der Waals surface area contributed by atoms with Crippen LogP contribution in [-0.2, 0) is 12.8 Å². The van der Waals surface area contributed by atoms with Crippen molar-refractivity contribution < 1.29 is 0 Å². The van der Waals surface area contributed by atoms with E-state index in [0.29, 0.717) is 6.04 Å². The Morgan fingerprint density at radius 2 is 1.72 bits per heavy atom. The number of fused-ring (bicyclic) bond motifs is 1. The molecule has 1 unspecified atom stereocenters. The third-order valence-corrected chi connectivity index (χ3v) is 4.54. The molecule has 0 bridgehead atoms. The van der Waals surface area contributed by atoms with E-state index < -0.39 is 0 Å². The summed E-state index contributed by atoms with van der Waals surface area (Å²) in [6.45, 7) is 2.50. The van der Waals surface area contributed by atoms with Gasteiger partial charge in [0.1, 0.15) is 0 Å². The fraction of sp³-hybridized carbons (Fsp3) is 0.625. The van der Waals surface area contributed by atoms with Gasteiger partial charge in [0.05, 0.1) is 0 Å². The predicted octanol–water partition coefficient (Wildman–Crippen LogP) is 2.23. The number of benzene rings is 1. The molecule has 1 saturated heterocycles. The van der Waals surface area contributed by atoms with Gasteiger partial charge in [-0.05, 0) is 63.4 Å². The molecule has 0 spiro atoms. The molecule has 1 aliphatic carbocycles. The van der Waals surface area contributed by atoms with E-state index in [1.54, 1.807) is 11.1 Å². The minimum absolute atomic E-state index is 0.702. The zero-order valence-corrected chi connectivity index (χ0v) is 11.4. The van der Waals surface area contributed by atoms with Crippen molar-refractivity contribution >= 4 is 0 Å². The first kappa shape index (κ1) is 12.2. The lowest BCUT2D eigenvalue weighted by Gasteiger charge is -2.34. The Balaban J connectivity index is 1.56. The Kier molecular flexibility index (Phi) is 3.67. The Morgan fingerprint density at radius 1 is 1.00 bits per heavy atom. The van der Waals surface area contributed by atoms with E-state index >= 15 is 0 Å². The summed E-state index contributed by atoms with van der Waals surface area (Å²) in [7, 11) is 2.23. The van der Waals surface area contributed by atoms with Gasteiger partial charge in [0.2, 0.25) is 0 Å². The summed E-state index contributed by atoms with van der Waals surface area (Å²) >= 11 is 0. The predicted molar refractivity (Wildman–Crippen MR) is 75.9 cm³/mol. The molecule has 1 atom stereocenters. The molecule has 98 valence electrons. The smallest absolute Gasteiger partial charge is 0.0113 e. The molecule has 18 heavy (non-hydrogen) atoms. The van der Waals surface area contributed by atoms with Gasteiger partial charge >= 0.3 is 0 Å². The summed E-state index contributed by atoms with van der Waals surface area (Å²) in [5.74, 6) is 0. The maximum atomic E-state index is 3.89. The van der Waals surface area contributed by atoms with Crippen molar-refractivity contribution in [3.8, 4) is 0 Å². The van der Waals surface area contributed by atoms with E-state index in [0.717, 1.165) is 6.04 Å². The van der Waals surface area contributed by atoms with Crippen LogP contribution >= 0.6 is 0 Å². The first-order valence-electron chi connectivity index (χ1n) is 7.32. The summed E-state index contributed by atoms with van der Waals surface area (Å²) in [5.41, 5.74) is 3.13. The summed E-state index contributed by atoms with van der Waals surface area (Å²) in [6.07, 6.45) is 6.41. The first-order chi connectivity index (χ1) is 8.81. The molecule has 1 aromatic carbocycles. The van der Waals surface area contributed by atoms with Crippen molar-refractivity contribution in [2.75, 3.05) is 20.1 Å². The lowest BCUT2D eigenvalue weighted by atomic mass is 9.87. The number of rotatable bonds is 2. The molecule has 1 heterocycles. The molecule has 0 aromatic heterocycles. The minimum Gasteiger partial charge on any atom is -0.311 e. The molecule has 2 heteroatoms. The van der Waals surface area contributed by atoms with Gasteiger partial charge in [-0.15, -0.1) is 0 Å². The van der Waals surface area contributed by atoms with Gasteiger partial charge in [-0.25, -0.2) is 0 Å². The molecular formula is C16H24N2. The third-order valence-electron chi connectivity index (χ3n) is 4.54. The van der Waals surface area contributed by atoms with Crippen LogP contribution < -0.4 is 5.32 Å². The summed E-state index contributed by atoms with van der Waals surface area (Å²) < 4.78 is 0. The second-order valence-corrected chi connectivity index (χ2v) is 5.95. The Bertz CT molecular complexity index is 394. The van der Waals surface area contributed by atoms with Crippen molar-refractivity contribution in [1.29, 1.82) is 0 Å². The lowest BCUT2D eigenvalue weighted by molar-refractivity contribution is 0.220. The molecule has 0 radical (unpaired) electrons. The number of hydrogen-bond acceptors (Lipinski definition) is 2. The standard InChI is InChI=1S/C16H24N2/c1-18-10-8-15(9-11-18)17-16-7-6-13-4-2-3-5-14(13)12-16/h2-5,15-17H,6-12H2,1H3. The molecule has 2 aliphatic rings. The van der Waals surface area contributed by atoms with E-state index in [1.165, 1.54) is 45.2 Å². The van der Waals surface area contributed by atoms with E-state index in [-0.39, 0.29) is 0 Å². The van der Waals surface area contributed by atoms with Gasteiger partial charge < -0.3 is 10.2 Å². The average molecular weight is 244 g/mol. The molecule has 0 saturated carbocycles. The van der Waals surface area contributed by atoms with Gasteiger partial charge in [0.25, 0.3) is 0 Å². The molecule has 1 N–H and O–H groups in total. The quantitative estimate of drug-likeness (QED) is 0.858. The fourth-order valence-electron chi connectivity index (χ4n) is 3.35.